The molecule has 0 aliphatic carbocycles. The van der Waals surface area contributed by atoms with Gasteiger partial charge in [0.25, 0.3) is 10.1 Å². The number of fused-ring (bicyclic) bond motifs is 1. The van der Waals surface area contributed by atoms with Crippen molar-refractivity contribution in [3.63, 3.8) is 0 Å². The highest BCUT2D eigenvalue weighted by Gasteiger charge is 2.51. The third kappa shape index (κ3) is 5.77. The Balaban J connectivity index is 2.00. The number of carboxylic acid groups (broad SMARTS) is 2. The van der Waals surface area contributed by atoms with Gasteiger partial charge < -0.3 is 20.4 Å². The fourth-order valence-corrected chi connectivity index (χ4v) is 6.74. The quantitative estimate of drug-likeness (QED) is 0.259. The van der Waals surface area contributed by atoms with Crippen molar-refractivity contribution in [3.8, 4) is 11.5 Å². The van der Waals surface area contributed by atoms with Crippen LogP contribution in [0, 0.1) is 13.8 Å². The first-order valence-corrected chi connectivity index (χ1v) is 14.1. The smallest absolute Gasteiger partial charge is 0.317 e. The molecule has 1 heterocycles. The van der Waals surface area contributed by atoms with Gasteiger partial charge in [0.05, 0.1) is 13.1 Å². The van der Waals surface area contributed by atoms with Crippen molar-refractivity contribution in [1.82, 2.24) is 9.80 Å². The summed E-state index contributed by atoms with van der Waals surface area (Å²) < 4.78 is 32.8. The van der Waals surface area contributed by atoms with E-state index in [-0.39, 0.29) is 42.6 Å². The lowest BCUT2D eigenvalue weighted by Gasteiger charge is -2.32. The average molecular weight is 585 g/mol. The fourth-order valence-electron chi connectivity index (χ4n) is 5.31. The Bertz CT molecular complexity index is 1560. The summed E-state index contributed by atoms with van der Waals surface area (Å²) in [7, 11) is -1.09. The molecule has 4 N–H and O–H groups in total. The van der Waals surface area contributed by atoms with Crippen molar-refractivity contribution in [1.29, 1.82) is 0 Å². The Morgan fingerprint density at radius 2 is 1.24 bits per heavy atom. The maximum absolute atomic E-state index is 13.4. The highest BCUT2D eigenvalue weighted by Crippen LogP contribution is 2.52. The third-order valence-electron chi connectivity index (χ3n) is 7.03. The molecular weight excluding hydrogens is 552 g/mol. The molecule has 0 fully saturated rings. The van der Waals surface area contributed by atoms with Crippen LogP contribution in [0.4, 0.5) is 0 Å². The first-order valence-electron chi connectivity index (χ1n) is 12.7. The summed E-state index contributed by atoms with van der Waals surface area (Å²) in [4.78, 5) is 25.5. The van der Waals surface area contributed by atoms with Gasteiger partial charge in [-0.05, 0) is 80.5 Å². The van der Waals surface area contributed by atoms with Crippen molar-refractivity contribution in [2.45, 2.75) is 37.4 Å². The molecule has 0 saturated heterocycles. The second kappa shape index (κ2) is 11.1. The number of phenols is 2. The van der Waals surface area contributed by atoms with Gasteiger partial charge in [0.1, 0.15) is 16.4 Å². The summed E-state index contributed by atoms with van der Waals surface area (Å²) in [6, 6.07) is 12.8. The van der Waals surface area contributed by atoms with Crippen molar-refractivity contribution in [2.75, 3.05) is 27.2 Å². The van der Waals surface area contributed by atoms with Gasteiger partial charge in [-0.1, -0.05) is 18.2 Å². The van der Waals surface area contributed by atoms with Gasteiger partial charge in [-0.25, -0.2) is 4.18 Å². The zero-order valence-electron chi connectivity index (χ0n) is 23.1. The predicted octanol–water partition coefficient (Wildman–Crippen LogP) is 2.76. The van der Waals surface area contributed by atoms with E-state index in [2.05, 4.69) is 0 Å². The van der Waals surface area contributed by atoms with Crippen molar-refractivity contribution in [3.05, 3.63) is 87.5 Å². The molecule has 0 saturated carbocycles. The summed E-state index contributed by atoms with van der Waals surface area (Å²) in [6.07, 6.45) is 0. The molecule has 0 radical (unpaired) electrons. The number of likely N-dealkylation sites (N-methyl/N-ethyl adjacent to an activating group) is 2. The van der Waals surface area contributed by atoms with E-state index in [1.54, 1.807) is 70.4 Å². The lowest BCUT2D eigenvalue weighted by atomic mass is 9.78. The molecule has 3 aromatic carbocycles. The number of carbonyl (C=O) groups is 2. The number of rotatable bonds is 10. The minimum absolute atomic E-state index is 0.0365. The van der Waals surface area contributed by atoms with E-state index in [1.165, 1.54) is 15.9 Å². The second-order valence-corrected chi connectivity index (χ2v) is 12.0. The van der Waals surface area contributed by atoms with Gasteiger partial charge in [-0.2, -0.15) is 8.42 Å². The lowest BCUT2D eigenvalue weighted by molar-refractivity contribution is -0.139. The van der Waals surface area contributed by atoms with Crippen LogP contribution >= 0.6 is 0 Å². The first-order chi connectivity index (χ1) is 19.2. The van der Waals surface area contributed by atoms with Crippen LogP contribution in [0.3, 0.4) is 0 Å². The van der Waals surface area contributed by atoms with Crippen LogP contribution in [0.25, 0.3) is 0 Å². The number of aryl methyl sites for hydroxylation is 2. The minimum atomic E-state index is -4.26. The number of phenolic OH excluding ortho intramolecular Hbond substituents is 2. The van der Waals surface area contributed by atoms with E-state index in [0.29, 0.717) is 38.9 Å². The Labute approximate surface area is 238 Å². The fraction of sp³-hybridized carbons (Fsp3) is 0.310. The number of carboxylic acids is 2. The van der Waals surface area contributed by atoms with Crippen LogP contribution in [0.1, 0.15) is 38.9 Å². The average Bonchev–Trinajstić information content (AvgIpc) is 3.11. The number of hydrogen-bond donors (Lipinski definition) is 4. The predicted molar refractivity (Wildman–Crippen MR) is 148 cm³/mol. The molecule has 3 aromatic rings. The van der Waals surface area contributed by atoms with Crippen molar-refractivity contribution >= 4 is 22.1 Å². The Morgan fingerprint density at radius 1 is 0.805 bits per heavy atom. The van der Waals surface area contributed by atoms with Gasteiger partial charge in [0, 0.05) is 29.8 Å². The molecule has 0 spiro atoms. The van der Waals surface area contributed by atoms with Crippen LogP contribution in [0.2, 0.25) is 0 Å². The Kier molecular flexibility index (Phi) is 8.14. The van der Waals surface area contributed by atoms with Gasteiger partial charge in [-0.15, -0.1) is 0 Å². The molecule has 1 aliphatic heterocycles. The number of aromatic hydroxyl groups is 2. The SMILES string of the molecule is Cc1cc(C2(c3cc(C)c(O)c(CN(C)CC(=O)O)c3)OS(=O)(=O)c3ccccc32)cc(CN(C)CC(=O)O)c1O. The molecule has 0 amide bonds. The van der Waals surface area contributed by atoms with E-state index in [0.717, 1.165) is 0 Å². The van der Waals surface area contributed by atoms with Gasteiger partial charge >= 0.3 is 11.9 Å². The summed E-state index contributed by atoms with van der Waals surface area (Å²) in [6.45, 7) is 2.83. The third-order valence-corrected chi connectivity index (χ3v) is 8.40. The van der Waals surface area contributed by atoms with Crippen LogP contribution in [-0.4, -0.2) is 77.8 Å². The Hall–Kier alpha value is -3.97. The molecule has 218 valence electrons. The molecule has 0 aromatic heterocycles. The van der Waals surface area contributed by atoms with E-state index in [1.807, 2.05) is 0 Å². The van der Waals surface area contributed by atoms with E-state index >= 15 is 0 Å². The monoisotopic (exact) mass is 584 g/mol. The minimum Gasteiger partial charge on any atom is -0.507 e. The molecule has 1 aliphatic rings. The molecular formula is C29H32N2O9S. The number of nitrogens with zero attached hydrogens (tertiary/aromatic N) is 2. The topological polar surface area (TPSA) is 165 Å². The van der Waals surface area contributed by atoms with E-state index in [9.17, 15) is 38.4 Å². The molecule has 0 bridgehead atoms. The molecule has 41 heavy (non-hydrogen) atoms. The summed E-state index contributed by atoms with van der Waals surface area (Å²) >= 11 is 0. The molecule has 12 heteroatoms. The number of benzene rings is 3. The van der Waals surface area contributed by atoms with Gasteiger partial charge in [0.15, 0.2) is 5.60 Å². The largest absolute Gasteiger partial charge is 0.507 e. The van der Waals surface area contributed by atoms with Crippen LogP contribution in [-0.2, 0) is 42.6 Å². The highest BCUT2D eigenvalue weighted by molar-refractivity contribution is 7.87. The zero-order chi connectivity index (χ0) is 30.3. The summed E-state index contributed by atoms with van der Waals surface area (Å²) in [5, 5.41) is 40.2. The molecule has 11 nitrogen and oxygen atoms in total. The van der Waals surface area contributed by atoms with Crippen LogP contribution in [0.5, 0.6) is 11.5 Å². The standard InChI is InChI=1S/C29H32N2O9S/c1-17-9-21(11-19(27(17)36)13-30(3)15-25(32)33)29(23-7-5-6-8-24(23)41(38,39)40-29)22-10-18(2)28(37)20(12-22)14-31(4)16-26(34)35/h5-12,36-37H,13-16H2,1-4H3,(H,32,33)(H,34,35). The van der Waals surface area contributed by atoms with Crippen molar-refractivity contribution in [2.24, 2.45) is 0 Å². The van der Waals surface area contributed by atoms with Gasteiger partial charge in [0.2, 0.25) is 0 Å². The van der Waals surface area contributed by atoms with E-state index in [4.69, 9.17) is 4.18 Å². The van der Waals surface area contributed by atoms with Gasteiger partial charge in [-0.3, -0.25) is 19.4 Å². The second-order valence-electron chi connectivity index (χ2n) is 10.4. The maximum atomic E-state index is 13.4. The summed E-state index contributed by atoms with van der Waals surface area (Å²) in [5.41, 5.74) is 0.906. The molecule has 4 rings (SSSR count). The number of hydrogen-bond acceptors (Lipinski definition) is 9. The first kappa shape index (κ1) is 30.0. The maximum Gasteiger partial charge on any atom is 0.317 e. The lowest BCUT2D eigenvalue weighted by Crippen LogP contribution is -2.31. The van der Waals surface area contributed by atoms with Crippen LogP contribution < -0.4 is 0 Å². The Morgan fingerprint density at radius 3 is 1.68 bits per heavy atom. The molecule has 0 unspecified atom stereocenters. The number of aliphatic carboxylic acids is 2. The molecule has 0 atom stereocenters. The normalized spacial score (nSPS) is 15.3. The van der Waals surface area contributed by atoms with E-state index < -0.39 is 27.7 Å². The van der Waals surface area contributed by atoms with Crippen LogP contribution in [0.15, 0.2) is 53.4 Å². The highest BCUT2D eigenvalue weighted by atomic mass is 32.2. The van der Waals surface area contributed by atoms with Crippen molar-refractivity contribution < 1.29 is 42.6 Å². The summed E-state index contributed by atoms with van der Waals surface area (Å²) in [5.74, 6) is -2.22. The zero-order valence-corrected chi connectivity index (χ0v) is 23.9.